The number of carbonyl (C=O) groups is 2. The first kappa shape index (κ1) is 15.1. The van der Waals surface area contributed by atoms with E-state index in [2.05, 4.69) is 6.58 Å². The maximum atomic E-state index is 12.5. The monoisotopic (exact) mass is 279 g/mol. The third kappa shape index (κ3) is 3.62. The van der Waals surface area contributed by atoms with Gasteiger partial charge in [-0.3, -0.25) is 9.59 Å². The van der Waals surface area contributed by atoms with Crippen LogP contribution in [0, 0.1) is 17.8 Å². The minimum atomic E-state index is -0.952. The molecule has 3 unspecified atom stereocenters. The molecule has 0 aliphatic heterocycles. The van der Waals surface area contributed by atoms with Gasteiger partial charge in [0.15, 0.2) is 0 Å². The van der Waals surface area contributed by atoms with Crippen molar-refractivity contribution in [3.05, 3.63) is 12.7 Å². The van der Waals surface area contributed by atoms with E-state index < -0.39 is 5.97 Å². The Balaban J connectivity index is 1.96. The molecule has 0 aromatic rings. The average Bonchev–Trinajstić information content (AvgIpc) is 2.45. The van der Waals surface area contributed by atoms with Gasteiger partial charge in [-0.15, -0.1) is 6.58 Å². The topological polar surface area (TPSA) is 57.6 Å². The van der Waals surface area contributed by atoms with Gasteiger partial charge < -0.3 is 10.0 Å². The molecule has 2 aliphatic rings. The van der Waals surface area contributed by atoms with Crippen LogP contribution in [0.25, 0.3) is 0 Å². The Kier molecular flexibility index (Phi) is 5.21. The number of nitrogens with zero attached hydrogens (tertiary/aromatic N) is 1. The highest BCUT2D eigenvalue weighted by molar-refractivity contribution is 5.83. The quantitative estimate of drug-likeness (QED) is 0.787. The Labute approximate surface area is 120 Å². The first-order chi connectivity index (χ1) is 9.61. The Morgan fingerprint density at radius 2 is 1.85 bits per heavy atom. The summed E-state index contributed by atoms with van der Waals surface area (Å²) in [5.41, 5.74) is 0. The average molecular weight is 279 g/mol. The zero-order valence-electron chi connectivity index (χ0n) is 12.1. The van der Waals surface area contributed by atoms with E-state index in [1.165, 1.54) is 30.6 Å². The predicted molar refractivity (Wildman–Crippen MR) is 77.2 cm³/mol. The second-order valence-corrected chi connectivity index (χ2v) is 6.22. The largest absolute Gasteiger partial charge is 0.480 e. The van der Waals surface area contributed by atoms with E-state index in [1.54, 1.807) is 6.08 Å². The molecule has 0 bridgehead atoms. The van der Waals surface area contributed by atoms with Crippen LogP contribution in [-0.2, 0) is 9.59 Å². The van der Waals surface area contributed by atoms with E-state index in [1.807, 2.05) is 0 Å². The molecule has 2 rings (SSSR count). The van der Waals surface area contributed by atoms with Crippen molar-refractivity contribution in [3.8, 4) is 0 Å². The summed E-state index contributed by atoms with van der Waals surface area (Å²) >= 11 is 0. The zero-order valence-corrected chi connectivity index (χ0v) is 12.1. The van der Waals surface area contributed by atoms with Gasteiger partial charge >= 0.3 is 5.97 Å². The molecule has 4 nitrogen and oxygen atoms in total. The molecule has 1 amide bonds. The van der Waals surface area contributed by atoms with Crippen LogP contribution in [0.2, 0.25) is 0 Å². The van der Waals surface area contributed by atoms with E-state index in [0.717, 1.165) is 25.2 Å². The molecule has 2 aliphatic carbocycles. The lowest BCUT2D eigenvalue weighted by Gasteiger charge is -2.39. The van der Waals surface area contributed by atoms with Crippen LogP contribution in [0.4, 0.5) is 0 Å². The molecule has 112 valence electrons. The molecular weight excluding hydrogens is 254 g/mol. The van der Waals surface area contributed by atoms with Gasteiger partial charge in [0, 0.05) is 12.5 Å². The lowest BCUT2D eigenvalue weighted by atomic mass is 9.67. The van der Waals surface area contributed by atoms with Crippen molar-refractivity contribution in [3.63, 3.8) is 0 Å². The van der Waals surface area contributed by atoms with Crippen LogP contribution in [0.3, 0.4) is 0 Å². The van der Waals surface area contributed by atoms with Crippen LogP contribution >= 0.6 is 0 Å². The van der Waals surface area contributed by atoms with Crippen LogP contribution < -0.4 is 0 Å². The highest BCUT2D eigenvalue weighted by Gasteiger charge is 2.36. The third-order valence-electron chi connectivity index (χ3n) is 4.88. The number of carbonyl (C=O) groups excluding carboxylic acids is 1. The number of carboxylic acid groups (broad SMARTS) is 1. The van der Waals surface area contributed by atoms with Crippen LogP contribution in [-0.4, -0.2) is 35.0 Å². The van der Waals surface area contributed by atoms with Crippen molar-refractivity contribution < 1.29 is 14.7 Å². The van der Waals surface area contributed by atoms with E-state index in [0.29, 0.717) is 12.5 Å². The van der Waals surface area contributed by atoms with E-state index in [-0.39, 0.29) is 18.4 Å². The summed E-state index contributed by atoms with van der Waals surface area (Å²) in [5.74, 6) is 0.568. The summed E-state index contributed by atoms with van der Waals surface area (Å²) in [6, 6.07) is 0. The molecule has 0 aromatic carbocycles. The van der Waals surface area contributed by atoms with Crippen molar-refractivity contribution >= 4 is 11.9 Å². The number of aliphatic carboxylic acids is 1. The molecule has 1 N–H and O–H groups in total. The lowest BCUT2D eigenvalue weighted by Crippen LogP contribution is -2.42. The fourth-order valence-electron chi connectivity index (χ4n) is 3.91. The molecule has 0 heterocycles. The SMILES string of the molecule is C=CCN(CC(=O)O)C(=O)C1CCC2CCCCC2C1. The Bertz CT molecular complexity index is 380. The second-order valence-electron chi connectivity index (χ2n) is 6.22. The Morgan fingerprint density at radius 3 is 2.50 bits per heavy atom. The van der Waals surface area contributed by atoms with Gasteiger partial charge in [0.1, 0.15) is 6.54 Å². The minimum absolute atomic E-state index is 0.0105. The molecule has 20 heavy (non-hydrogen) atoms. The molecule has 2 saturated carbocycles. The van der Waals surface area contributed by atoms with Gasteiger partial charge in [0.05, 0.1) is 0 Å². The predicted octanol–water partition coefficient (Wildman–Crippen LogP) is 2.69. The lowest BCUT2D eigenvalue weighted by molar-refractivity contribution is -0.147. The van der Waals surface area contributed by atoms with Crippen LogP contribution in [0.15, 0.2) is 12.7 Å². The Morgan fingerprint density at radius 1 is 1.15 bits per heavy atom. The summed E-state index contributed by atoms with van der Waals surface area (Å²) < 4.78 is 0. The minimum Gasteiger partial charge on any atom is -0.480 e. The molecule has 0 aromatic heterocycles. The highest BCUT2D eigenvalue weighted by Crippen LogP contribution is 2.43. The van der Waals surface area contributed by atoms with Gasteiger partial charge in [-0.2, -0.15) is 0 Å². The summed E-state index contributed by atoms with van der Waals surface area (Å²) in [4.78, 5) is 24.8. The van der Waals surface area contributed by atoms with Crippen LogP contribution in [0.1, 0.15) is 44.9 Å². The molecule has 4 heteroatoms. The van der Waals surface area contributed by atoms with Gasteiger partial charge in [-0.05, 0) is 31.1 Å². The Hall–Kier alpha value is -1.32. The maximum absolute atomic E-state index is 12.5. The van der Waals surface area contributed by atoms with Crippen molar-refractivity contribution in [1.29, 1.82) is 0 Å². The maximum Gasteiger partial charge on any atom is 0.323 e. The number of fused-ring (bicyclic) bond motifs is 1. The van der Waals surface area contributed by atoms with E-state index in [4.69, 9.17) is 5.11 Å². The molecule has 3 atom stereocenters. The molecular formula is C16H25NO3. The smallest absolute Gasteiger partial charge is 0.323 e. The fraction of sp³-hybridized carbons (Fsp3) is 0.750. The number of carboxylic acids is 1. The summed E-state index contributed by atoms with van der Waals surface area (Å²) in [5, 5.41) is 8.92. The highest BCUT2D eigenvalue weighted by atomic mass is 16.4. The second kappa shape index (κ2) is 6.91. The number of hydrogen-bond acceptors (Lipinski definition) is 2. The van der Waals surface area contributed by atoms with Crippen molar-refractivity contribution in [1.82, 2.24) is 4.90 Å². The normalized spacial score (nSPS) is 29.3. The molecule has 0 spiro atoms. The zero-order chi connectivity index (χ0) is 14.5. The molecule has 2 fully saturated rings. The number of amides is 1. The van der Waals surface area contributed by atoms with Crippen molar-refractivity contribution in [2.24, 2.45) is 17.8 Å². The van der Waals surface area contributed by atoms with Crippen LogP contribution in [0.5, 0.6) is 0 Å². The first-order valence-corrected chi connectivity index (χ1v) is 7.73. The summed E-state index contributed by atoms with van der Waals surface area (Å²) in [6.07, 6.45) is 9.80. The van der Waals surface area contributed by atoms with Gasteiger partial charge in [0.2, 0.25) is 5.91 Å². The fourth-order valence-corrected chi connectivity index (χ4v) is 3.91. The molecule has 0 saturated heterocycles. The standard InChI is InChI=1S/C16H25NO3/c1-2-9-17(11-15(18)19)16(20)14-8-7-12-5-3-4-6-13(12)10-14/h2,12-14H,1,3-11H2,(H,18,19). The number of rotatable bonds is 5. The van der Waals surface area contributed by atoms with E-state index >= 15 is 0 Å². The first-order valence-electron chi connectivity index (χ1n) is 7.73. The van der Waals surface area contributed by atoms with Gasteiger partial charge in [-0.25, -0.2) is 0 Å². The third-order valence-corrected chi connectivity index (χ3v) is 4.88. The van der Waals surface area contributed by atoms with E-state index in [9.17, 15) is 9.59 Å². The summed E-state index contributed by atoms with van der Waals surface area (Å²) in [7, 11) is 0. The van der Waals surface area contributed by atoms with Gasteiger partial charge in [0.25, 0.3) is 0 Å². The van der Waals surface area contributed by atoms with Gasteiger partial charge in [-0.1, -0.05) is 31.8 Å². The number of hydrogen-bond donors (Lipinski definition) is 1. The molecule has 0 radical (unpaired) electrons. The summed E-state index contributed by atoms with van der Waals surface area (Å²) in [6.45, 7) is 3.73. The van der Waals surface area contributed by atoms with Crippen molar-refractivity contribution in [2.75, 3.05) is 13.1 Å². The van der Waals surface area contributed by atoms with Crippen molar-refractivity contribution in [2.45, 2.75) is 44.9 Å².